The molecule has 0 aliphatic heterocycles. The first kappa shape index (κ1) is 24.8. The summed E-state index contributed by atoms with van der Waals surface area (Å²) in [5.74, 6) is 6.63. The Bertz CT molecular complexity index is 697. The molecule has 4 aliphatic rings. The van der Waals surface area contributed by atoms with Crippen LogP contribution in [0.25, 0.3) is 0 Å². The second-order valence-electron chi connectivity index (χ2n) is 13.3. The minimum Gasteiger partial charge on any atom is -0.299 e. The molecular weight excluding hydrogens is 412 g/mol. The Labute approximate surface area is 203 Å². The minimum atomic E-state index is 0.218. The highest BCUT2D eigenvalue weighted by Crippen LogP contribution is 2.68. The minimum absolute atomic E-state index is 0.218. The summed E-state index contributed by atoms with van der Waals surface area (Å²) in [6.07, 6.45) is 17.5. The van der Waals surface area contributed by atoms with Crippen molar-refractivity contribution < 1.29 is 4.79 Å². The van der Waals surface area contributed by atoms with Gasteiger partial charge in [-0.05, 0) is 104 Å². The molecule has 0 heterocycles. The molecule has 0 bridgehead atoms. The van der Waals surface area contributed by atoms with Crippen LogP contribution >= 0.6 is 11.6 Å². The number of Topliss-reactive ketones (excluding diaryl/α,β-unsaturated/α-hetero) is 1. The molecule has 0 N–H and O–H groups in total. The summed E-state index contributed by atoms with van der Waals surface area (Å²) in [6.45, 7) is 12.6. The fourth-order valence-electron chi connectivity index (χ4n) is 9.84. The Hall–Kier alpha value is -0.300. The number of carbonyl (C=O) groups excluding carboxylic acids is 1. The lowest BCUT2D eigenvalue weighted by Gasteiger charge is -2.62. The highest BCUT2D eigenvalue weighted by atomic mass is 35.5. The van der Waals surface area contributed by atoms with Crippen molar-refractivity contribution in [3.05, 3.63) is 11.6 Å². The van der Waals surface area contributed by atoms with Gasteiger partial charge in [-0.3, -0.25) is 4.79 Å². The first-order valence-corrected chi connectivity index (χ1v) is 14.4. The SMILES string of the molecule is CC(C)CCC[C@@H](C)[C@H]1CC[C@H]2[C@@H]3CC[C@H]4[C@H](C/C=C/Cl)C(=O)CC[C@]4(C)[C@H]3CC[C@]12C. The highest BCUT2D eigenvalue weighted by Gasteiger charge is 2.61. The number of rotatable bonds is 7. The number of allylic oxidation sites excluding steroid dienone is 1. The average molecular weight is 461 g/mol. The molecule has 182 valence electrons. The summed E-state index contributed by atoms with van der Waals surface area (Å²) < 4.78 is 0. The number of fused-ring (bicyclic) bond motifs is 5. The Morgan fingerprint density at radius 3 is 2.38 bits per heavy atom. The van der Waals surface area contributed by atoms with Gasteiger partial charge in [0.05, 0.1) is 0 Å². The van der Waals surface area contributed by atoms with Gasteiger partial charge in [0.1, 0.15) is 5.78 Å². The fraction of sp³-hybridized carbons (Fsp3) is 0.900. The van der Waals surface area contributed by atoms with E-state index in [1.807, 2.05) is 6.08 Å². The molecule has 9 atom stereocenters. The van der Waals surface area contributed by atoms with Crippen molar-refractivity contribution in [3.63, 3.8) is 0 Å². The maximum absolute atomic E-state index is 12.9. The van der Waals surface area contributed by atoms with Gasteiger partial charge in [-0.25, -0.2) is 0 Å². The van der Waals surface area contributed by atoms with Crippen molar-refractivity contribution in [2.24, 2.45) is 58.2 Å². The average Bonchev–Trinajstić information content (AvgIpc) is 3.10. The van der Waals surface area contributed by atoms with Crippen molar-refractivity contribution in [2.45, 2.75) is 112 Å². The third-order valence-corrected chi connectivity index (χ3v) is 11.6. The van der Waals surface area contributed by atoms with Crippen LogP contribution in [0.2, 0.25) is 0 Å². The van der Waals surface area contributed by atoms with Gasteiger partial charge in [-0.2, -0.15) is 0 Å². The van der Waals surface area contributed by atoms with E-state index >= 15 is 0 Å². The summed E-state index contributed by atoms with van der Waals surface area (Å²) in [5, 5.41) is 0. The molecule has 4 saturated carbocycles. The lowest BCUT2D eigenvalue weighted by molar-refractivity contribution is -0.152. The fourth-order valence-corrected chi connectivity index (χ4v) is 9.94. The third kappa shape index (κ3) is 4.27. The van der Waals surface area contributed by atoms with Gasteiger partial charge in [-0.15, -0.1) is 0 Å². The van der Waals surface area contributed by atoms with Gasteiger partial charge >= 0.3 is 0 Å². The van der Waals surface area contributed by atoms with Crippen LogP contribution in [0.5, 0.6) is 0 Å². The maximum atomic E-state index is 12.9. The number of halogens is 1. The summed E-state index contributed by atoms with van der Waals surface area (Å²) in [7, 11) is 0. The zero-order valence-electron chi connectivity index (χ0n) is 21.5. The van der Waals surface area contributed by atoms with Crippen molar-refractivity contribution in [2.75, 3.05) is 0 Å². The van der Waals surface area contributed by atoms with Crippen LogP contribution < -0.4 is 0 Å². The maximum Gasteiger partial charge on any atom is 0.136 e. The van der Waals surface area contributed by atoms with Crippen LogP contribution in [0.4, 0.5) is 0 Å². The van der Waals surface area contributed by atoms with Crippen molar-refractivity contribution >= 4 is 17.4 Å². The van der Waals surface area contributed by atoms with Crippen LogP contribution in [-0.2, 0) is 4.79 Å². The molecule has 1 nitrogen and oxygen atoms in total. The lowest BCUT2D eigenvalue weighted by atomic mass is 9.43. The van der Waals surface area contributed by atoms with E-state index < -0.39 is 0 Å². The van der Waals surface area contributed by atoms with Crippen molar-refractivity contribution in [1.29, 1.82) is 0 Å². The van der Waals surface area contributed by atoms with Crippen molar-refractivity contribution in [1.82, 2.24) is 0 Å². The van der Waals surface area contributed by atoms with Gasteiger partial charge in [-0.1, -0.05) is 71.6 Å². The van der Waals surface area contributed by atoms with E-state index in [1.54, 1.807) is 5.54 Å². The third-order valence-electron chi connectivity index (χ3n) is 11.4. The van der Waals surface area contributed by atoms with Crippen LogP contribution in [0.1, 0.15) is 112 Å². The van der Waals surface area contributed by atoms with E-state index in [2.05, 4.69) is 34.6 Å². The molecule has 4 fully saturated rings. The van der Waals surface area contributed by atoms with Crippen LogP contribution in [0.3, 0.4) is 0 Å². The van der Waals surface area contributed by atoms with Gasteiger partial charge in [0, 0.05) is 17.9 Å². The summed E-state index contributed by atoms with van der Waals surface area (Å²) in [5.41, 5.74) is 2.55. The van der Waals surface area contributed by atoms with Gasteiger partial charge in [0.25, 0.3) is 0 Å². The molecule has 0 spiro atoms. The molecule has 4 rings (SSSR count). The Balaban J connectivity index is 1.49. The van der Waals surface area contributed by atoms with Crippen LogP contribution in [0.15, 0.2) is 11.6 Å². The summed E-state index contributed by atoms with van der Waals surface area (Å²) >= 11 is 5.86. The van der Waals surface area contributed by atoms with Crippen LogP contribution in [0, 0.1) is 58.2 Å². The van der Waals surface area contributed by atoms with Crippen LogP contribution in [-0.4, -0.2) is 5.78 Å². The van der Waals surface area contributed by atoms with E-state index in [-0.39, 0.29) is 5.92 Å². The number of hydrogen-bond donors (Lipinski definition) is 0. The monoisotopic (exact) mass is 460 g/mol. The Morgan fingerprint density at radius 1 is 0.938 bits per heavy atom. The largest absolute Gasteiger partial charge is 0.299 e. The van der Waals surface area contributed by atoms with E-state index in [1.165, 1.54) is 57.8 Å². The molecule has 0 radical (unpaired) electrons. The van der Waals surface area contributed by atoms with Crippen molar-refractivity contribution in [3.8, 4) is 0 Å². The molecule has 0 unspecified atom stereocenters. The molecule has 0 amide bonds. The number of ketones is 1. The second-order valence-corrected chi connectivity index (χ2v) is 13.5. The topological polar surface area (TPSA) is 17.1 Å². The molecule has 2 heteroatoms. The Morgan fingerprint density at radius 2 is 1.66 bits per heavy atom. The first-order valence-electron chi connectivity index (χ1n) is 14.0. The number of hydrogen-bond acceptors (Lipinski definition) is 1. The first-order chi connectivity index (χ1) is 15.2. The normalized spacial score (nSPS) is 45.0. The predicted molar refractivity (Wildman–Crippen MR) is 137 cm³/mol. The van der Waals surface area contributed by atoms with Gasteiger partial charge < -0.3 is 0 Å². The second kappa shape index (κ2) is 9.75. The predicted octanol–water partition coefficient (Wildman–Crippen LogP) is 9.05. The highest BCUT2D eigenvalue weighted by molar-refractivity contribution is 6.25. The van der Waals surface area contributed by atoms with E-state index in [4.69, 9.17) is 11.6 Å². The zero-order valence-corrected chi connectivity index (χ0v) is 22.3. The zero-order chi connectivity index (χ0) is 23.1. The Kier molecular flexibility index (Phi) is 7.56. The quantitative estimate of drug-likeness (QED) is 0.370. The summed E-state index contributed by atoms with van der Waals surface area (Å²) in [6, 6.07) is 0. The van der Waals surface area contributed by atoms with E-state index in [9.17, 15) is 4.79 Å². The van der Waals surface area contributed by atoms with Gasteiger partial charge in [0.2, 0.25) is 0 Å². The lowest BCUT2D eigenvalue weighted by Crippen LogP contribution is -2.56. The van der Waals surface area contributed by atoms with E-state index in [0.717, 1.165) is 54.8 Å². The molecular formula is C30H49ClO. The molecule has 0 aromatic carbocycles. The van der Waals surface area contributed by atoms with Gasteiger partial charge in [0.15, 0.2) is 0 Å². The molecule has 0 aromatic heterocycles. The molecule has 0 saturated heterocycles. The molecule has 0 aromatic rings. The molecule has 4 aliphatic carbocycles. The molecule has 32 heavy (non-hydrogen) atoms. The summed E-state index contributed by atoms with van der Waals surface area (Å²) in [4.78, 5) is 12.9. The number of carbonyl (C=O) groups is 1. The standard InChI is InChI=1S/C30H49ClO/c1-20(2)8-6-9-21(3)24-13-14-25-22-11-12-26-23(10-7-19-31)28(32)16-18-30(26,5)27(22)15-17-29(24,25)4/h7,19-27H,6,8-18H2,1-5H3/b19-7+/t21-,22+,23+,24-,25+,26+,27+,29-,30+/m1/s1. The van der Waals surface area contributed by atoms with E-state index in [0.29, 0.717) is 22.5 Å². The smallest absolute Gasteiger partial charge is 0.136 e.